The highest BCUT2D eigenvalue weighted by molar-refractivity contribution is 9.10. The van der Waals surface area contributed by atoms with Crippen LogP contribution in [-0.2, 0) is 14.8 Å². The number of rotatable bonds is 7. The first-order chi connectivity index (χ1) is 14.8. The van der Waals surface area contributed by atoms with E-state index in [0.29, 0.717) is 27.7 Å². The highest BCUT2D eigenvalue weighted by Crippen LogP contribution is 2.44. The number of carbonyl (C=O) groups excluding carboxylic acids is 1. The van der Waals surface area contributed by atoms with Crippen LogP contribution >= 0.6 is 15.9 Å². The van der Waals surface area contributed by atoms with Crippen LogP contribution in [0.5, 0.6) is 5.75 Å². The van der Waals surface area contributed by atoms with Crippen LogP contribution in [0.2, 0.25) is 0 Å². The fourth-order valence-electron chi connectivity index (χ4n) is 4.77. The van der Waals surface area contributed by atoms with E-state index in [-0.39, 0.29) is 23.4 Å². The van der Waals surface area contributed by atoms with E-state index in [0.717, 1.165) is 18.4 Å². The van der Waals surface area contributed by atoms with E-state index in [1.807, 2.05) is 19.1 Å². The molecule has 2 aliphatic rings. The second-order valence-corrected chi connectivity index (χ2v) is 11.2. The largest absolute Gasteiger partial charge is 0.496 e. The number of hydrogen-bond acceptors (Lipinski definition) is 4. The monoisotopic (exact) mass is 506 g/mol. The van der Waals surface area contributed by atoms with Crippen molar-refractivity contribution in [1.29, 1.82) is 0 Å². The third kappa shape index (κ3) is 4.60. The highest BCUT2D eigenvalue weighted by atomic mass is 79.9. The number of ether oxygens (including phenoxy) is 1. The molecule has 3 atom stereocenters. The summed E-state index contributed by atoms with van der Waals surface area (Å²) in [6.45, 7) is 1.67. The van der Waals surface area contributed by atoms with Gasteiger partial charge in [-0.1, -0.05) is 24.1 Å². The number of fused-ring (bicyclic) bond motifs is 2. The summed E-state index contributed by atoms with van der Waals surface area (Å²) < 4.78 is 34.0. The molecule has 1 N–H and O–H groups in total. The summed E-state index contributed by atoms with van der Waals surface area (Å²) in [6.07, 6.45) is 4.56. The minimum Gasteiger partial charge on any atom is -0.496 e. The minimum atomic E-state index is -3.97. The molecule has 0 aromatic heterocycles. The lowest BCUT2D eigenvalue weighted by molar-refractivity contribution is -0.120. The minimum absolute atomic E-state index is 0.0912. The second-order valence-electron chi connectivity index (χ2n) is 8.49. The summed E-state index contributed by atoms with van der Waals surface area (Å²) in [6, 6.07) is 11.9. The molecule has 4 rings (SSSR count). The number of anilines is 1. The van der Waals surface area contributed by atoms with E-state index in [1.165, 1.54) is 36.4 Å². The van der Waals surface area contributed by atoms with Crippen molar-refractivity contribution in [1.82, 2.24) is 5.32 Å². The molecule has 2 fully saturated rings. The number of nitrogens with one attached hydrogen (secondary N) is 1. The summed E-state index contributed by atoms with van der Waals surface area (Å²) in [4.78, 5) is 13.0. The predicted molar refractivity (Wildman–Crippen MR) is 124 cm³/mol. The zero-order valence-corrected chi connectivity index (χ0v) is 20.1. The third-order valence-electron chi connectivity index (χ3n) is 6.40. The Morgan fingerprint density at radius 3 is 2.48 bits per heavy atom. The van der Waals surface area contributed by atoms with Gasteiger partial charge in [-0.3, -0.25) is 9.10 Å². The maximum atomic E-state index is 13.6. The summed E-state index contributed by atoms with van der Waals surface area (Å²) in [7, 11) is -2.45. The number of aryl methyl sites for hydroxylation is 1. The molecule has 0 saturated heterocycles. The predicted octanol–water partition coefficient (Wildman–Crippen LogP) is 4.27. The average molecular weight is 507 g/mol. The zero-order chi connectivity index (χ0) is 22.2. The van der Waals surface area contributed by atoms with Gasteiger partial charge in [0.15, 0.2) is 0 Å². The van der Waals surface area contributed by atoms with E-state index >= 15 is 0 Å². The first kappa shape index (κ1) is 22.1. The molecule has 1 amide bonds. The Balaban J connectivity index is 1.61. The van der Waals surface area contributed by atoms with Gasteiger partial charge in [-0.2, -0.15) is 0 Å². The number of halogens is 1. The SMILES string of the molecule is COc1ccc(S(=O)(=O)N(CC(=O)N[C@@H]2C[C@@H]3CC[C@@H]2C3)c2ccc(C)cc2)cc1Br. The van der Waals surface area contributed by atoms with Crippen molar-refractivity contribution in [3.05, 3.63) is 52.5 Å². The summed E-state index contributed by atoms with van der Waals surface area (Å²) in [5.74, 6) is 1.49. The molecular weight excluding hydrogens is 480 g/mol. The van der Waals surface area contributed by atoms with Gasteiger partial charge in [-0.15, -0.1) is 0 Å². The van der Waals surface area contributed by atoms with Crippen molar-refractivity contribution in [3.63, 3.8) is 0 Å². The van der Waals surface area contributed by atoms with E-state index in [4.69, 9.17) is 4.74 Å². The van der Waals surface area contributed by atoms with Gasteiger partial charge in [-0.05, 0) is 84.3 Å². The molecule has 8 heteroatoms. The van der Waals surface area contributed by atoms with Gasteiger partial charge in [0.25, 0.3) is 10.0 Å². The van der Waals surface area contributed by atoms with Crippen LogP contribution in [0, 0.1) is 18.8 Å². The number of nitrogens with zero attached hydrogens (tertiary/aromatic N) is 1. The van der Waals surface area contributed by atoms with Crippen LogP contribution in [0.15, 0.2) is 51.8 Å². The molecular formula is C23H27BrN2O4S. The molecule has 0 radical (unpaired) electrons. The number of hydrogen-bond donors (Lipinski definition) is 1. The summed E-state index contributed by atoms with van der Waals surface area (Å²) in [5, 5.41) is 3.10. The summed E-state index contributed by atoms with van der Waals surface area (Å²) in [5.41, 5.74) is 1.47. The van der Waals surface area contributed by atoms with Gasteiger partial charge in [0.05, 0.1) is 22.2 Å². The molecule has 2 aliphatic carbocycles. The molecule has 0 heterocycles. The van der Waals surface area contributed by atoms with Gasteiger partial charge >= 0.3 is 0 Å². The fourth-order valence-corrected chi connectivity index (χ4v) is 6.91. The Morgan fingerprint density at radius 1 is 1.16 bits per heavy atom. The number of benzene rings is 2. The van der Waals surface area contributed by atoms with Crippen LogP contribution in [-0.4, -0.2) is 34.0 Å². The van der Waals surface area contributed by atoms with Crippen molar-refractivity contribution in [2.45, 2.75) is 43.5 Å². The standard InChI is InChI=1S/C23H27BrN2O4S/c1-15-3-7-18(8-4-15)26(14-23(27)25-21-12-16-5-6-17(21)11-16)31(28,29)19-9-10-22(30-2)20(24)13-19/h3-4,7-10,13,16-17,21H,5-6,11-12,14H2,1-2H3,(H,25,27)/t16-,17-,21-/m1/s1. The van der Waals surface area contributed by atoms with Crippen molar-refractivity contribution < 1.29 is 17.9 Å². The third-order valence-corrected chi connectivity index (χ3v) is 8.79. The lowest BCUT2D eigenvalue weighted by Gasteiger charge is -2.27. The van der Waals surface area contributed by atoms with Crippen LogP contribution in [0.4, 0.5) is 5.69 Å². The lowest BCUT2D eigenvalue weighted by Crippen LogP contribution is -2.46. The van der Waals surface area contributed by atoms with Crippen molar-refractivity contribution in [2.24, 2.45) is 11.8 Å². The molecule has 0 aliphatic heterocycles. The smallest absolute Gasteiger partial charge is 0.264 e. The second kappa shape index (κ2) is 8.82. The molecule has 2 saturated carbocycles. The lowest BCUT2D eigenvalue weighted by atomic mass is 9.95. The first-order valence-corrected chi connectivity index (χ1v) is 12.7. The molecule has 2 bridgehead atoms. The van der Waals surface area contributed by atoms with Gasteiger partial charge in [-0.25, -0.2) is 8.42 Å². The Labute approximate surface area is 192 Å². The van der Waals surface area contributed by atoms with Crippen molar-refractivity contribution in [2.75, 3.05) is 18.0 Å². The normalized spacial score (nSPS) is 22.4. The fraction of sp³-hybridized carbons (Fsp3) is 0.435. The maximum Gasteiger partial charge on any atom is 0.264 e. The van der Waals surface area contributed by atoms with Gasteiger partial charge in [0.1, 0.15) is 12.3 Å². The van der Waals surface area contributed by atoms with Gasteiger partial charge in [0, 0.05) is 6.04 Å². The van der Waals surface area contributed by atoms with E-state index < -0.39 is 10.0 Å². The molecule has 2 aromatic rings. The number of amides is 1. The van der Waals surface area contributed by atoms with Crippen LogP contribution in [0.25, 0.3) is 0 Å². The Morgan fingerprint density at radius 2 is 1.90 bits per heavy atom. The molecule has 0 unspecified atom stereocenters. The van der Waals surface area contributed by atoms with Crippen LogP contribution < -0.4 is 14.4 Å². The summed E-state index contributed by atoms with van der Waals surface area (Å²) >= 11 is 3.36. The topological polar surface area (TPSA) is 75.7 Å². The first-order valence-electron chi connectivity index (χ1n) is 10.5. The molecule has 31 heavy (non-hydrogen) atoms. The average Bonchev–Trinajstić information content (AvgIpc) is 3.36. The number of sulfonamides is 1. The molecule has 0 spiro atoms. The van der Waals surface area contributed by atoms with E-state index in [9.17, 15) is 13.2 Å². The zero-order valence-electron chi connectivity index (χ0n) is 17.7. The van der Waals surface area contributed by atoms with Crippen molar-refractivity contribution in [3.8, 4) is 5.75 Å². The van der Waals surface area contributed by atoms with Crippen LogP contribution in [0.3, 0.4) is 0 Å². The van der Waals surface area contributed by atoms with Gasteiger partial charge in [0.2, 0.25) is 5.91 Å². The number of carbonyl (C=O) groups is 1. The maximum absolute atomic E-state index is 13.6. The molecule has 166 valence electrons. The van der Waals surface area contributed by atoms with Crippen LogP contribution in [0.1, 0.15) is 31.2 Å². The van der Waals surface area contributed by atoms with Gasteiger partial charge < -0.3 is 10.1 Å². The molecule has 2 aromatic carbocycles. The highest BCUT2D eigenvalue weighted by Gasteiger charge is 2.40. The quantitative estimate of drug-likeness (QED) is 0.608. The van der Waals surface area contributed by atoms with E-state index in [2.05, 4.69) is 21.2 Å². The Hall–Kier alpha value is -2.06. The van der Waals surface area contributed by atoms with Crippen molar-refractivity contribution >= 4 is 37.5 Å². The Bertz CT molecular complexity index is 1070. The molecule has 6 nitrogen and oxygen atoms in total. The number of methoxy groups -OCH3 is 1. The van der Waals surface area contributed by atoms with E-state index in [1.54, 1.807) is 18.2 Å². The Kier molecular flexibility index (Phi) is 6.30.